The number of likely N-dealkylation sites (tertiary alicyclic amines) is 1. The third-order valence-electron chi connectivity index (χ3n) is 6.87. The number of allylic oxidation sites excluding steroid dienone is 1. The summed E-state index contributed by atoms with van der Waals surface area (Å²) in [6, 6.07) is 16.1. The van der Waals surface area contributed by atoms with Gasteiger partial charge < -0.3 is 20.1 Å². The largest absolute Gasteiger partial charge is 0.481 e. The first kappa shape index (κ1) is 21.2. The van der Waals surface area contributed by atoms with Crippen LogP contribution in [0.15, 0.2) is 60.7 Å². The highest BCUT2D eigenvalue weighted by atomic mass is 16.5. The maximum absolute atomic E-state index is 12.7. The molecule has 170 valence electrons. The Balaban J connectivity index is 1.16. The van der Waals surface area contributed by atoms with Gasteiger partial charge in [0.05, 0.1) is 12.0 Å². The summed E-state index contributed by atoms with van der Waals surface area (Å²) >= 11 is 0. The average molecular weight is 447 g/mol. The fourth-order valence-electron chi connectivity index (χ4n) is 5.06. The summed E-state index contributed by atoms with van der Waals surface area (Å²) < 4.78 is 5.61. The van der Waals surface area contributed by atoms with Crippen LogP contribution in [0.25, 0.3) is 11.1 Å². The standard InChI is InChI=1S/C26H26N2O5/c29-24(28-13-17(14-28)25(30)31)16-6-5-7-18(12-16)27-26(32)33-15-23-21-10-3-1-8-19(21)20-9-2-4-11-22(20)23/h1-5,7-11,16-18,23H,6,12-15H2,(H,27,32)(H,30,31)/t16-,18-/m1/s1. The van der Waals surface area contributed by atoms with Gasteiger partial charge in [-0.1, -0.05) is 60.7 Å². The minimum atomic E-state index is -0.864. The molecule has 33 heavy (non-hydrogen) atoms. The van der Waals surface area contributed by atoms with E-state index in [-0.39, 0.29) is 43.5 Å². The number of carbonyl (C=O) groups excluding carboxylic acids is 2. The van der Waals surface area contributed by atoms with Crippen LogP contribution in [0, 0.1) is 11.8 Å². The molecule has 1 heterocycles. The van der Waals surface area contributed by atoms with Crippen LogP contribution in [-0.2, 0) is 14.3 Å². The Morgan fingerprint density at radius 2 is 1.61 bits per heavy atom. The molecule has 0 radical (unpaired) electrons. The highest BCUT2D eigenvalue weighted by Gasteiger charge is 2.39. The monoisotopic (exact) mass is 446 g/mol. The second-order valence-electron chi connectivity index (χ2n) is 8.95. The SMILES string of the molecule is O=C(N[C@@H]1C=CC[C@@H](C(=O)N2CC(C(=O)O)C2)C1)OCC1c2ccccc2-c2ccccc21. The van der Waals surface area contributed by atoms with Gasteiger partial charge in [-0.3, -0.25) is 9.59 Å². The maximum atomic E-state index is 12.7. The molecule has 2 aliphatic carbocycles. The van der Waals surface area contributed by atoms with Gasteiger partial charge in [-0.15, -0.1) is 0 Å². The average Bonchev–Trinajstić information content (AvgIpc) is 3.10. The summed E-state index contributed by atoms with van der Waals surface area (Å²) in [5, 5.41) is 11.9. The number of amides is 2. The molecule has 1 aliphatic heterocycles. The molecular formula is C26H26N2O5. The number of carboxylic acids is 1. The van der Waals surface area contributed by atoms with Gasteiger partial charge in [0.2, 0.25) is 5.91 Å². The van der Waals surface area contributed by atoms with E-state index in [0.717, 1.165) is 11.1 Å². The summed E-state index contributed by atoms with van der Waals surface area (Å²) in [4.78, 5) is 37.8. The van der Waals surface area contributed by atoms with Crippen molar-refractivity contribution >= 4 is 18.0 Å². The molecule has 2 atom stereocenters. The Kier molecular flexibility index (Phi) is 5.62. The Bertz CT molecular complexity index is 1080. The van der Waals surface area contributed by atoms with Gasteiger partial charge in [0.15, 0.2) is 0 Å². The number of nitrogens with one attached hydrogen (secondary N) is 1. The second kappa shape index (κ2) is 8.73. The molecule has 1 fully saturated rings. The first-order valence-electron chi connectivity index (χ1n) is 11.3. The van der Waals surface area contributed by atoms with Crippen LogP contribution in [0.5, 0.6) is 0 Å². The molecule has 1 saturated heterocycles. The second-order valence-corrected chi connectivity index (χ2v) is 8.95. The van der Waals surface area contributed by atoms with Crippen LogP contribution < -0.4 is 5.32 Å². The summed E-state index contributed by atoms with van der Waals surface area (Å²) in [5.41, 5.74) is 4.66. The molecule has 2 amide bonds. The van der Waals surface area contributed by atoms with Gasteiger partial charge >= 0.3 is 12.1 Å². The smallest absolute Gasteiger partial charge is 0.407 e. The summed E-state index contributed by atoms with van der Waals surface area (Å²) in [6.45, 7) is 0.765. The van der Waals surface area contributed by atoms with Crippen molar-refractivity contribution in [3.05, 3.63) is 71.8 Å². The summed E-state index contributed by atoms with van der Waals surface area (Å²) in [6.07, 6.45) is 4.36. The molecule has 7 heteroatoms. The van der Waals surface area contributed by atoms with Gasteiger partial charge in [0, 0.05) is 24.9 Å². The zero-order chi connectivity index (χ0) is 22.9. The maximum Gasteiger partial charge on any atom is 0.407 e. The number of nitrogens with zero attached hydrogens (tertiary/aromatic N) is 1. The van der Waals surface area contributed by atoms with E-state index in [9.17, 15) is 14.4 Å². The van der Waals surface area contributed by atoms with Crippen molar-refractivity contribution in [2.75, 3.05) is 19.7 Å². The lowest BCUT2D eigenvalue weighted by molar-refractivity contribution is -0.154. The number of rotatable bonds is 5. The molecule has 2 aromatic carbocycles. The van der Waals surface area contributed by atoms with E-state index in [1.54, 1.807) is 4.90 Å². The van der Waals surface area contributed by atoms with Crippen LogP contribution in [0.1, 0.15) is 29.9 Å². The van der Waals surface area contributed by atoms with E-state index < -0.39 is 18.0 Å². The first-order valence-corrected chi connectivity index (χ1v) is 11.3. The highest BCUT2D eigenvalue weighted by molar-refractivity contribution is 5.83. The molecule has 0 spiro atoms. The van der Waals surface area contributed by atoms with E-state index in [0.29, 0.717) is 12.8 Å². The van der Waals surface area contributed by atoms with E-state index in [2.05, 4.69) is 29.6 Å². The van der Waals surface area contributed by atoms with Crippen molar-refractivity contribution in [3.63, 3.8) is 0 Å². The highest BCUT2D eigenvalue weighted by Crippen LogP contribution is 2.44. The summed E-state index contributed by atoms with van der Waals surface area (Å²) in [7, 11) is 0. The molecular weight excluding hydrogens is 420 g/mol. The predicted molar refractivity (Wildman–Crippen MR) is 122 cm³/mol. The third kappa shape index (κ3) is 4.11. The first-order chi connectivity index (χ1) is 16.0. The van der Waals surface area contributed by atoms with E-state index in [1.807, 2.05) is 36.4 Å². The van der Waals surface area contributed by atoms with Crippen molar-refractivity contribution in [2.24, 2.45) is 11.8 Å². The lowest BCUT2D eigenvalue weighted by Gasteiger charge is -2.39. The zero-order valence-electron chi connectivity index (χ0n) is 18.1. The van der Waals surface area contributed by atoms with Crippen LogP contribution in [-0.4, -0.2) is 53.7 Å². The van der Waals surface area contributed by atoms with Crippen molar-refractivity contribution in [1.29, 1.82) is 0 Å². The zero-order valence-corrected chi connectivity index (χ0v) is 18.1. The quantitative estimate of drug-likeness (QED) is 0.687. The molecule has 0 unspecified atom stereocenters. The van der Waals surface area contributed by atoms with E-state index in [1.165, 1.54) is 11.1 Å². The van der Waals surface area contributed by atoms with Crippen molar-refractivity contribution in [1.82, 2.24) is 10.2 Å². The fraction of sp³-hybridized carbons (Fsp3) is 0.346. The predicted octanol–water partition coefficient (Wildman–Crippen LogP) is 3.40. The Hall–Kier alpha value is -3.61. The molecule has 2 aromatic rings. The number of ether oxygens (including phenoxy) is 1. The Morgan fingerprint density at radius 3 is 2.24 bits per heavy atom. The fourth-order valence-corrected chi connectivity index (χ4v) is 5.06. The van der Waals surface area contributed by atoms with Crippen molar-refractivity contribution in [3.8, 4) is 11.1 Å². The molecule has 0 saturated carbocycles. The number of carboxylic acid groups (broad SMARTS) is 1. The minimum absolute atomic E-state index is 0.00651. The molecule has 7 nitrogen and oxygen atoms in total. The van der Waals surface area contributed by atoms with Gasteiger partial charge in [-0.05, 0) is 35.1 Å². The van der Waals surface area contributed by atoms with Crippen LogP contribution in [0.4, 0.5) is 4.79 Å². The van der Waals surface area contributed by atoms with Gasteiger partial charge in [-0.2, -0.15) is 0 Å². The molecule has 0 bridgehead atoms. The molecule has 0 aromatic heterocycles. The number of hydrogen-bond donors (Lipinski definition) is 2. The Labute approximate surface area is 192 Å². The number of carbonyl (C=O) groups is 3. The lowest BCUT2D eigenvalue weighted by atomic mass is 9.88. The Morgan fingerprint density at radius 1 is 0.970 bits per heavy atom. The molecule has 2 N–H and O–H groups in total. The van der Waals surface area contributed by atoms with Crippen LogP contribution in [0.3, 0.4) is 0 Å². The van der Waals surface area contributed by atoms with Gasteiger partial charge in [-0.25, -0.2) is 4.79 Å². The number of aliphatic carboxylic acids is 1. The number of hydrogen-bond acceptors (Lipinski definition) is 4. The topological polar surface area (TPSA) is 95.9 Å². The van der Waals surface area contributed by atoms with E-state index >= 15 is 0 Å². The lowest BCUT2D eigenvalue weighted by Crippen LogP contribution is -2.55. The number of fused-ring (bicyclic) bond motifs is 3. The number of benzene rings is 2. The minimum Gasteiger partial charge on any atom is -0.481 e. The third-order valence-corrected chi connectivity index (χ3v) is 6.87. The number of alkyl carbamates (subject to hydrolysis) is 1. The van der Waals surface area contributed by atoms with Crippen LogP contribution in [0.2, 0.25) is 0 Å². The van der Waals surface area contributed by atoms with Crippen molar-refractivity contribution < 1.29 is 24.2 Å². The van der Waals surface area contributed by atoms with Crippen molar-refractivity contribution in [2.45, 2.75) is 24.8 Å². The van der Waals surface area contributed by atoms with Gasteiger partial charge in [0.25, 0.3) is 0 Å². The molecule has 5 rings (SSSR count). The normalized spacial score (nSPS) is 21.6. The molecule has 3 aliphatic rings. The summed E-state index contributed by atoms with van der Waals surface area (Å²) in [5.74, 6) is -1.65. The van der Waals surface area contributed by atoms with Crippen LogP contribution >= 0.6 is 0 Å². The van der Waals surface area contributed by atoms with Gasteiger partial charge in [0.1, 0.15) is 6.61 Å². The van der Waals surface area contributed by atoms with E-state index in [4.69, 9.17) is 9.84 Å².